The summed E-state index contributed by atoms with van der Waals surface area (Å²) in [7, 11) is 0. The van der Waals surface area contributed by atoms with Gasteiger partial charge < -0.3 is 9.64 Å². The highest BCUT2D eigenvalue weighted by Crippen LogP contribution is 2.30. The number of carbonyl (C=O) groups excluding carboxylic acids is 1. The number of nitrogens with zero attached hydrogens (tertiary/aromatic N) is 1. The third kappa shape index (κ3) is 4.75. The quantitative estimate of drug-likeness (QED) is 0.722. The number of rotatable bonds is 8. The van der Waals surface area contributed by atoms with Gasteiger partial charge >= 0.3 is 0 Å². The van der Waals surface area contributed by atoms with E-state index >= 15 is 0 Å². The normalized spacial score (nSPS) is 14.2. The molecule has 0 radical (unpaired) electrons. The summed E-state index contributed by atoms with van der Waals surface area (Å²) in [5.41, 5.74) is 2.33. The Labute approximate surface area is 134 Å². The zero-order chi connectivity index (χ0) is 16.1. The van der Waals surface area contributed by atoms with Gasteiger partial charge in [-0.25, -0.2) is 0 Å². The van der Waals surface area contributed by atoms with Crippen molar-refractivity contribution in [2.75, 3.05) is 19.7 Å². The van der Waals surface area contributed by atoms with Gasteiger partial charge in [0.25, 0.3) is 5.91 Å². The minimum atomic E-state index is 0.116. The van der Waals surface area contributed by atoms with Crippen molar-refractivity contribution >= 4 is 5.91 Å². The largest absolute Gasteiger partial charge is 0.483 e. The number of benzene rings is 1. The predicted octanol–water partition coefficient (Wildman–Crippen LogP) is 4.15. The van der Waals surface area contributed by atoms with Crippen LogP contribution in [-0.2, 0) is 4.79 Å². The van der Waals surface area contributed by atoms with Crippen LogP contribution in [0, 0.1) is 12.8 Å². The summed E-state index contributed by atoms with van der Waals surface area (Å²) >= 11 is 0. The van der Waals surface area contributed by atoms with Crippen LogP contribution in [0.2, 0.25) is 0 Å². The molecule has 1 aromatic carbocycles. The van der Waals surface area contributed by atoms with Crippen LogP contribution in [0.15, 0.2) is 18.2 Å². The molecule has 0 N–H and O–H groups in total. The van der Waals surface area contributed by atoms with E-state index in [1.165, 1.54) is 18.4 Å². The Morgan fingerprint density at radius 3 is 2.68 bits per heavy atom. The van der Waals surface area contributed by atoms with E-state index in [2.05, 4.69) is 39.8 Å². The molecule has 22 heavy (non-hydrogen) atoms. The van der Waals surface area contributed by atoms with Crippen LogP contribution in [0.1, 0.15) is 57.1 Å². The summed E-state index contributed by atoms with van der Waals surface area (Å²) in [6, 6.07) is 6.24. The Bertz CT molecular complexity index is 506. The van der Waals surface area contributed by atoms with Crippen molar-refractivity contribution in [2.45, 2.75) is 52.9 Å². The van der Waals surface area contributed by atoms with E-state index < -0.39 is 0 Å². The molecule has 1 aliphatic carbocycles. The lowest BCUT2D eigenvalue weighted by atomic mass is 10.0. The molecular formula is C19H29NO2. The monoisotopic (exact) mass is 303 g/mol. The van der Waals surface area contributed by atoms with Gasteiger partial charge in [-0.3, -0.25) is 4.79 Å². The van der Waals surface area contributed by atoms with Crippen LogP contribution < -0.4 is 4.74 Å². The van der Waals surface area contributed by atoms with Gasteiger partial charge in [-0.15, -0.1) is 0 Å². The number of aryl methyl sites for hydroxylation is 1. The number of amides is 1. The van der Waals surface area contributed by atoms with Crippen LogP contribution in [0.25, 0.3) is 0 Å². The minimum absolute atomic E-state index is 0.116. The highest BCUT2D eigenvalue weighted by molar-refractivity contribution is 5.77. The van der Waals surface area contributed by atoms with E-state index in [1.807, 2.05) is 11.0 Å². The summed E-state index contributed by atoms with van der Waals surface area (Å²) in [6.45, 7) is 10.4. The summed E-state index contributed by atoms with van der Waals surface area (Å²) in [5.74, 6) is 2.08. The van der Waals surface area contributed by atoms with Crippen LogP contribution in [0.4, 0.5) is 0 Å². The first-order valence-electron chi connectivity index (χ1n) is 8.52. The molecule has 1 amide bonds. The molecule has 0 unspecified atom stereocenters. The van der Waals surface area contributed by atoms with Crippen LogP contribution in [0.3, 0.4) is 0 Å². The van der Waals surface area contributed by atoms with Crippen molar-refractivity contribution < 1.29 is 9.53 Å². The van der Waals surface area contributed by atoms with Gasteiger partial charge in [-0.2, -0.15) is 0 Å². The van der Waals surface area contributed by atoms with Crippen molar-refractivity contribution in [1.29, 1.82) is 0 Å². The van der Waals surface area contributed by atoms with Crippen LogP contribution in [0.5, 0.6) is 5.75 Å². The van der Waals surface area contributed by atoms with Crippen molar-refractivity contribution in [2.24, 2.45) is 5.92 Å². The first-order valence-corrected chi connectivity index (χ1v) is 8.52. The molecule has 3 nitrogen and oxygen atoms in total. The average Bonchev–Trinajstić information content (AvgIpc) is 3.28. The Kier molecular flexibility index (Phi) is 5.87. The first-order chi connectivity index (χ1) is 10.5. The fourth-order valence-corrected chi connectivity index (χ4v) is 2.67. The lowest BCUT2D eigenvalue weighted by molar-refractivity contribution is -0.133. The SMILES string of the molecule is CCCN(CC1CC1)C(=O)COc1cc(C)ccc1C(C)C. The second-order valence-corrected chi connectivity index (χ2v) is 6.77. The number of ether oxygens (including phenoxy) is 1. The van der Waals surface area contributed by atoms with E-state index in [0.29, 0.717) is 5.92 Å². The van der Waals surface area contributed by atoms with Gasteiger partial charge in [0.05, 0.1) is 0 Å². The van der Waals surface area contributed by atoms with Gasteiger partial charge in [-0.1, -0.05) is 32.9 Å². The van der Waals surface area contributed by atoms with Crippen molar-refractivity contribution in [3.05, 3.63) is 29.3 Å². The molecule has 122 valence electrons. The van der Waals surface area contributed by atoms with Gasteiger partial charge in [0.2, 0.25) is 0 Å². The maximum Gasteiger partial charge on any atom is 0.260 e. The van der Waals surface area contributed by atoms with E-state index in [9.17, 15) is 4.79 Å². The highest BCUT2D eigenvalue weighted by Gasteiger charge is 2.26. The molecular weight excluding hydrogens is 274 g/mol. The third-order valence-electron chi connectivity index (χ3n) is 4.16. The maximum atomic E-state index is 12.4. The molecule has 0 saturated heterocycles. The Morgan fingerprint density at radius 2 is 2.09 bits per heavy atom. The van der Waals surface area contributed by atoms with E-state index in [0.717, 1.165) is 36.7 Å². The van der Waals surface area contributed by atoms with Crippen LogP contribution >= 0.6 is 0 Å². The predicted molar refractivity (Wildman–Crippen MR) is 90.4 cm³/mol. The lowest BCUT2D eigenvalue weighted by Gasteiger charge is -2.23. The van der Waals surface area contributed by atoms with Crippen molar-refractivity contribution in [3.8, 4) is 5.75 Å². The molecule has 1 aliphatic rings. The molecule has 3 heteroatoms. The van der Waals surface area contributed by atoms with E-state index in [4.69, 9.17) is 4.74 Å². The standard InChI is InChI=1S/C19H29NO2/c1-5-10-20(12-16-7-8-16)19(21)13-22-18-11-15(4)6-9-17(18)14(2)3/h6,9,11,14,16H,5,7-8,10,12-13H2,1-4H3. The molecule has 0 aliphatic heterocycles. The molecule has 0 atom stereocenters. The smallest absolute Gasteiger partial charge is 0.260 e. The van der Waals surface area contributed by atoms with Gasteiger partial charge in [0.15, 0.2) is 6.61 Å². The topological polar surface area (TPSA) is 29.5 Å². The number of hydrogen-bond acceptors (Lipinski definition) is 2. The zero-order valence-corrected chi connectivity index (χ0v) is 14.4. The number of hydrogen-bond donors (Lipinski definition) is 0. The molecule has 0 spiro atoms. The fourth-order valence-electron chi connectivity index (χ4n) is 2.67. The van der Waals surface area contributed by atoms with Gasteiger partial charge in [0, 0.05) is 13.1 Å². The Balaban J connectivity index is 1.98. The highest BCUT2D eigenvalue weighted by atomic mass is 16.5. The van der Waals surface area contributed by atoms with Crippen molar-refractivity contribution in [3.63, 3.8) is 0 Å². The first kappa shape index (κ1) is 16.9. The molecule has 1 fully saturated rings. The number of carbonyl (C=O) groups is 1. The van der Waals surface area contributed by atoms with E-state index in [-0.39, 0.29) is 12.5 Å². The average molecular weight is 303 g/mol. The zero-order valence-electron chi connectivity index (χ0n) is 14.4. The summed E-state index contributed by atoms with van der Waals surface area (Å²) in [5, 5.41) is 0. The van der Waals surface area contributed by atoms with Gasteiger partial charge in [-0.05, 0) is 55.2 Å². The summed E-state index contributed by atoms with van der Waals surface area (Å²) < 4.78 is 5.88. The second kappa shape index (κ2) is 7.66. The molecule has 1 aromatic rings. The fraction of sp³-hybridized carbons (Fsp3) is 0.632. The summed E-state index contributed by atoms with van der Waals surface area (Å²) in [6.07, 6.45) is 3.54. The maximum absolute atomic E-state index is 12.4. The molecule has 1 saturated carbocycles. The van der Waals surface area contributed by atoms with Crippen molar-refractivity contribution in [1.82, 2.24) is 4.90 Å². The van der Waals surface area contributed by atoms with E-state index in [1.54, 1.807) is 0 Å². The summed E-state index contributed by atoms with van der Waals surface area (Å²) in [4.78, 5) is 14.4. The minimum Gasteiger partial charge on any atom is -0.483 e. The Morgan fingerprint density at radius 1 is 1.36 bits per heavy atom. The Hall–Kier alpha value is -1.51. The third-order valence-corrected chi connectivity index (χ3v) is 4.16. The second-order valence-electron chi connectivity index (χ2n) is 6.77. The molecule has 0 aromatic heterocycles. The lowest BCUT2D eigenvalue weighted by Crippen LogP contribution is -2.37. The van der Waals surface area contributed by atoms with Crippen LogP contribution in [-0.4, -0.2) is 30.5 Å². The molecule has 2 rings (SSSR count). The van der Waals surface area contributed by atoms with Gasteiger partial charge in [0.1, 0.15) is 5.75 Å². The molecule has 0 heterocycles. The molecule has 0 bridgehead atoms.